The summed E-state index contributed by atoms with van der Waals surface area (Å²) in [5, 5.41) is 0. The molecule has 2 aromatic rings. The second kappa shape index (κ2) is 4.63. The highest BCUT2D eigenvalue weighted by atomic mass is 19.2. The Balaban J connectivity index is 2.39. The van der Waals surface area contributed by atoms with Gasteiger partial charge in [-0.3, -0.25) is 0 Å². The molecule has 0 saturated heterocycles. The lowest BCUT2D eigenvalue weighted by Gasteiger charge is -1.99. The lowest BCUT2D eigenvalue weighted by molar-refractivity contribution is 0.509. The maximum atomic E-state index is 13.1. The standard InChI is InChI=1S/C12H13F2N3/c1-8-16-12(7-17(8)5-4-15)9-2-3-10(13)11(14)6-9/h2-3,6-7H,4-5,15H2,1H3. The number of benzene rings is 1. The van der Waals surface area contributed by atoms with Gasteiger partial charge in [-0.25, -0.2) is 13.8 Å². The molecule has 0 atom stereocenters. The van der Waals surface area contributed by atoms with Crippen LogP contribution in [0.25, 0.3) is 11.3 Å². The Morgan fingerprint density at radius 2 is 2.06 bits per heavy atom. The van der Waals surface area contributed by atoms with Gasteiger partial charge in [-0.15, -0.1) is 0 Å². The molecule has 17 heavy (non-hydrogen) atoms. The number of halogens is 2. The monoisotopic (exact) mass is 237 g/mol. The first kappa shape index (κ1) is 11.7. The van der Waals surface area contributed by atoms with E-state index < -0.39 is 11.6 Å². The van der Waals surface area contributed by atoms with Crippen molar-refractivity contribution in [2.45, 2.75) is 13.5 Å². The largest absolute Gasteiger partial charge is 0.333 e. The van der Waals surface area contributed by atoms with Crippen molar-refractivity contribution < 1.29 is 8.78 Å². The van der Waals surface area contributed by atoms with Crippen molar-refractivity contribution in [1.82, 2.24) is 9.55 Å². The highest BCUT2D eigenvalue weighted by molar-refractivity contribution is 5.58. The zero-order valence-electron chi connectivity index (χ0n) is 9.45. The quantitative estimate of drug-likeness (QED) is 0.888. The minimum atomic E-state index is -0.867. The van der Waals surface area contributed by atoms with Crippen molar-refractivity contribution in [1.29, 1.82) is 0 Å². The molecule has 0 unspecified atom stereocenters. The molecule has 1 heterocycles. The highest BCUT2D eigenvalue weighted by Gasteiger charge is 2.08. The van der Waals surface area contributed by atoms with Crippen LogP contribution < -0.4 is 5.73 Å². The van der Waals surface area contributed by atoms with E-state index in [1.54, 1.807) is 6.20 Å². The Kier molecular flexibility index (Phi) is 3.19. The highest BCUT2D eigenvalue weighted by Crippen LogP contribution is 2.20. The van der Waals surface area contributed by atoms with Gasteiger partial charge in [0, 0.05) is 24.8 Å². The lowest BCUT2D eigenvalue weighted by atomic mass is 10.1. The van der Waals surface area contributed by atoms with E-state index in [1.807, 2.05) is 11.5 Å². The van der Waals surface area contributed by atoms with Gasteiger partial charge >= 0.3 is 0 Å². The van der Waals surface area contributed by atoms with E-state index in [0.717, 1.165) is 18.0 Å². The van der Waals surface area contributed by atoms with Crippen LogP contribution in [-0.2, 0) is 6.54 Å². The van der Waals surface area contributed by atoms with Crippen LogP contribution >= 0.6 is 0 Å². The van der Waals surface area contributed by atoms with Crippen molar-refractivity contribution >= 4 is 0 Å². The number of nitrogens with two attached hydrogens (primary N) is 1. The Bertz CT molecular complexity index is 535. The van der Waals surface area contributed by atoms with Gasteiger partial charge in [0.05, 0.1) is 5.69 Å². The third-order valence-electron chi connectivity index (χ3n) is 2.56. The molecule has 0 aliphatic carbocycles. The van der Waals surface area contributed by atoms with Gasteiger partial charge in [-0.2, -0.15) is 0 Å². The summed E-state index contributed by atoms with van der Waals surface area (Å²) in [4.78, 5) is 4.29. The van der Waals surface area contributed by atoms with Crippen LogP contribution in [0.5, 0.6) is 0 Å². The smallest absolute Gasteiger partial charge is 0.159 e. The molecule has 90 valence electrons. The van der Waals surface area contributed by atoms with Crippen molar-refractivity contribution in [3.63, 3.8) is 0 Å². The Morgan fingerprint density at radius 1 is 1.29 bits per heavy atom. The lowest BCUT2D eigenvalue weighted by Crippen LogP contribution is -2.10. The summed E-state index contributed by atoms with van der Waals surface area (Å²) < 4.78 is 27.8. The molecule has 0 fully saturated rings. The van der Waals surface area contributed by atoms with E-state index in [1.165, 1.54) is 6.07 Å². The fourth-order valence-electron chi connectivity index (χ4n) is 1.67. The third kappa shape index (κ3) is 2.34. The third-order valence-corrected chi connectivity index (χ3v) is 2.56. The zero-order chi connectivity index (χ0) is 12.4. The molecular formula is C12H13F2N3. The summed E-state index contributed by atoms with van der Waals surface area (Å²) in [7, 11) is 0. The minimum Gasteiger partial charge on any atom is -0.333 e. The maximum absolute atomic E-state index is 13.1. The molecule has 0 aliphatic heterocycles. The average Bonchev–Trinajstić information content (AvgIpc) is 2.65. The molecule has 0 amide bonds. The fraction of sp³-hybridized carbons (Fsp3) is 0.250. The molecule has 1 aromatic heterocycles. The molecule has 0 bridgehead atoms. The first-order valence-corrected chi connectivity index (χ1v) is 5.31. The van der Waals surface area contributed by atoms with E-state index in [4.69, 9.17) is 5.73 Å². The Hall–Kier alpha value is -1.75. The fourth-order valence-corrected chi connectivity index (χ4v) is 1.67. The van der Waals surface area contributed by atoms with Crippen molar-refractivity contribution in [2.24, 2.45) is 5.73 Å². The minimum absolute atomic E-state index is 0.508. The molecule has 0 aliphatic rings. The van der Waals surface area contributed by atoms with Gasteiger partial charge in [0.2, 0.25) is 0 Å². The first-order valence-electron chi connectivity index (χ1n) is 5.31. The molecule has 2 N–H and O–H groups in total. The van der Waals surface area contributed by atoms with Crippen LogP contribution in [0.2, 0.25) is 0 Å². The van der Waals surface area contributed by atoms with Gasteiger partial charge in [-0.1, -0.05) is 0 Å². The number of hydrogen-bond donors (Lipinski definition) is 1. The molecule has 1 aromatic carbocycles. The topological polar surface area (TPSA) is 43.8 Å². The van der Waals surface area contributed by atoms with Crippen LogP contribution in [0.15, 0.2) is 24.4 Å². The van der Waals surface area contributed by atoms with Gasteiger partial charge in [0.25, 0.3) is 0 Å². The van der Waals surface area contributed by atoms with Gasteiger partial charge in [0.15, 0.2) is 11.6 Å². The van der Waals surface area contributed by atoms with Gasteiger partial charge in [-0.05, 0) is 25.1 Å². The van der Waals surface area contributed by atoms with E-state index in [0.29, 0.717) is 24.3 Å². The number of hydrogen-bond acceptors (Lipinski definition) is 2. The van der Waals surface area contributed by atoms with E-state index >= 15 is 0 Å². The molecular weight excluding hydrogens is 224 g/mol. The molecule has 3 nitrogen and oxygen atoms in total. The van der Waals surface area contributed by atoms with E-state index in [9.17, 15) is 8.78 Å². The number of rotatable bonds is 3. The number of imidazole rings is 1. The summed E-state index contributed by atoms with van der Waals surface area (Å²) in [5.74, 6) is -0.921. The summed E-state index contributed by atoms with van der Waals surface area (Å²) in [5.41, 5.74) is 6.64. The predicted octanol–water partition coefficient (Wildman–Crippen LogP) is 2.10. The van der Waals surface area contributed by atoms with Crippen LogP contribution in [0.3, 0.4) is 0 Å². The predicted molar refractivity (Wildman–Crippen MR) is 61.4 cm³/mol. The number of nitrogens with zero attached hydrogens (tertiary/aromatic N) is 2. The summed E-state index contributed by atoms with van der Waals surface area (Å²) in [6.07, 6.45) is 1.79. The van der Waals surface area contributed by atoms with Crippen LogP contribution in [0.1, 0.15) is 5.82 Å². The van der Waals surface area contributed by atoms with E-state index in [-0.39, 0.29) is 0 Å². The molecule has 2 rings (SSSR count). The normalized spacial score (nSPS) is 10.8. The molecule has 0 spiro atoms. The molecule has 0 radical (unpaired) electrons. The van der Waals surface area contributed by atoms with Gasteiger partial charge < -0.3 is 10.3 Å². The summed E-state index contributed by atoms with van der Waals surface area (Å²) in [6, 6.07) is 3.75. The average molecular weight is 237 g/mol. The van der Waals surface area contributed by atoms with Crippen molar-refractivity contribution in [2.75, 3.05) is 6.54 Å². The van der Waals surface area contributed by atoms with Crippen molar-refractivity contribution in [3.8, 4) is 11.3 Å². The molecule has 5 heteroatoms. The van der Waals surface area contributed by atoms with Gasteiger partial charge in [0.1, 0.15) is 5.82 Å². The first-order chi connectivity index (χ1) is 8.11. The summed E-state index contributed by atoms with van der Waals surface area (Å²) in [6.45, 7) is 3.01. The second-order valence-corrected chi connectivity index (χ2v) is 3.78. The SMILES string of the molecule is Cc1nc(-c2ccc(F)c(F)c2)cn1CCN. The Labute approximate surface area is 97.9 Å². The van der Waals surface area contributed by atoms with E-state index in [2.05, 4.69) is 4.98 Å². The second-order valence-electron chi connectivity index (χ2n) is 3.78. The molecule has 0 saturated carbocycles. The summed E-state index contributed by atoms with van der Waals surface area (Å²) >= 11 is 0. The van der Waals surface area contributed by atoms with Crippen LogP contribution in [0, 0.1) is 18.6 Å². The maximum Gasteiger partial charge on any atom is 0.159 e. The van der Waals surface area contributed by atoms with Crippen LogP contribution in [0.4, 0.5) is 8.78 Å². The Morgan fingerprint density at radius 3 is 2.71 bits per heavy atom. The van der Waals surface area contributed by atoms with Crippen molar-refractivity contribution in [3.05, 3.63) is 41.9 Å². The number of aryl methyl sites for hydroxylation is 1. The zero-order valence-corrected chi connectivity index (χ0v) is 9.45. The van der Waals surface area contributed by atoms with Crippen LogP contribution in [-0.4, -0.2) is 16.1 Å². The number of aromatic nitrogens is 2.